The maximum absolute atomic E-state index is 13.6. The smallest absolute Gasteiger partial charge is 0.242 e. The van der Waals surface area contributed by atoms with Crippen molar-refractivity contribution in [1.82, 2.24) is 10.6 Å². The molecule has 0 heterocycles. The maximum atomic E-state index is 13.6. The molecule has 0 spiro atoms. The highest BCUT2D eigenvalue weighted by Gasteiger charge is 2.31. The Kier molecular flexibility index (Phi) is 8.14. The topological polar surface area (TPSA) is 115 Å². The molecule has 204 valence electrons. The Bertz CT molecular complexity index is 1290. The molecular weight excluding hydrogens is 486 g/mol. The summed E-state index contributed by atoms with van der Waals surface area (Å²) in [6.45, 7) is 5.35. The summed E-state index contributed by atoms with van der Waals surface area (Å²) < 4.78 is 17.0. The van der Waals surface area contributed by atoms with Gasteiger partial charge in [0.2, 0.25) is 23.0 Å². The van der Waals surface area contributed by atoms with Crippen molar-refractivity contribution in [1.29, 1.82) is 0 Å². The average molecular weight is 524 g/mol. The molecule has 4 rings (SSSR count). The Morgan fingerprint density at radius 1 is 0.947 bits per heavy atom. The molecule has 2 amide bonds. The van der Waals surface area contributed by atoms with E-state index in [-0.39, 0.29) is 29.2 Å². The van der Waals surface area contributed by atoms with Gasteiger partial charge in [0.15, 0.2) is 11.5 Å². The molecule has 2 aliphatic rings. The monoisotopic (exact) mass is 523 g/mol. The Morgan fingerprint density at radius 2 is 1.66 bits per heavy atom. The Labute approximate surface area is 223 Å². The van der Waals surface area contributed by atoms with Gasteiger partial charge < -0.3 is 30.2 Å². The van der Waals surface area contributed by atoms with Gasteiger partial charge in [-0.1, -0.05) is 19.9 Å². The Hall–Kier alpha value is -3.75. The molecule has 0 aliphatic heterocycles. The van der Waals surface area contributed by atoms with Crippen molar-refractivity contribution in [2.24, 2.45) is 5.92 Å². The third-order valence-electron chi connectivity index (χ3n) is 7.10. The van der Waals surface area contributed by atoms with Gasteiger partial charge in [-0.05, 0) is 66.5 Å². The number of hydrogen-bond donors (Lipinski definition) is 3. The molecule has 0 radical (unpaired) electrons. The minimum Gasteiger partial charge on any atom is -0.493 e. The van der Waals surface area contributed by atoms with Gasteiger partial charge in [-0.25, -0.2) is 0 Å². The van der Waals surface area contributed by atoms with Crippen LogP contribution >= 0.6 is 0 Å². The quantitative estimate of drug-likeness (QED) is 0.460. The van der Waals surface area contributed by atoms with Gasteiger partial charge in [-0.3, -0.25) is 14.4 Å². The summed E-state index contributed by atoms with van der Waals surface area (Å²) in [5, 5.41) is 9.24. The van der Waals surface area contributed by atoms with E-state index in [4.69, 9.17) is 14.2 Å². The first-order chi connectivity index (χ1) is 18.2. The van der Waals surface area contributed by atoms with E-state index in [0.29, 0.717) is 41.3 Å². The van der Waals surface area contributed by atoms with Crippen molar-refractivity contribution in [3.05, 3.63) is 45.6 Å². The minimum atomic E-state index is -0.567. The summed E-state index contributed by atoms with van der Waals surface area (Å²) in [6, 6.07) is 6.28. The van der Waals surface area contributed by atoms with Gasteiger partial charge in [-0.15, -0.1) is 0 Å². The van der Waals surface area contributed by atoms with E-state index in [1.54, 1.807) is 33.5 Å². The number of aryl methyl sites for hydroxylation is 1. The van der Waals surface area contributed by atoms with Crippen LogP contribution in [0.4, 0.5) is 5.69 Å². The normalized spacial score (nSPS) is 16.9. The minimum absolute atomic E-state index is 0.0406. The predicted molar refractivity (Wildman–Crippen MR) is 146 cm³/mol. The molecule has 0 saturated heterocycles. The van der Waals surface area contributed by atoms with Crippen LogP contribution in [0.15, 0.2) is 29.1 Å². The second kappa shape index (κ2) is 11.3. The van der Waals surface area contributed by atoms with Crippen LogP contribution in [0.5, 0.6) is 17.2 Å². The zero-order valence-corrected chi connectivity index (χ0v) is 22.9. The summed E-state index contributed by atoms with van der Waals surface area (Å²) >= 11 is 0. The molecule has 2 atom stereocenters. The first-order valence-electron chi connectivity index (χ1n) is 13.0. The lowest BCUT2D eigenvalue weighted by atomic mass is 9.95. The highest BCUT2D eigenvalue weighted by molar-refractivity contribution is 5.86. The third kappa shape index (κ3) is 5.56. The highest BCUT2D eigenvalue weighted by atomic mass is 16.5. The second-order valence-corrected chi connectivity index (χ2v) is 10.2. The van der Waals surface area contributed by atoms with Crippen LogP contribution in [0.3, 0.4) is 0 Å². The van der Waals surface area contributed by atoms with Crippen molar-refractivity contribution in [3.8, 4) is 28.4 Å². The van der Waals surface area contributed by atoms with Crippen molar-refractivity contribution in [2.45, 2.75) is 64.6 Å². The summed E-state index contributed by atoms with van der Waals surface area (Å²) in [4.78, 5) is 38.6. The summed E-state index contributed by atoms with van der Waals surface area (Å²) in [5.41, 5.74) is 3.18. The van der Waals surface area contributed by atoms with Crippen LogP contribution < -0.4 is 35.6 Å². The summed E-state index contributed by atoms with van der Waals surface area (Å²) in [5.74, 6) is 1.13. The van der Waals surface area contributed by atoms with Crippen molar-refractivity contribution in [2.75, 3.05) is 26.6 Å². The number of amides is 2. The average Bonchev–Trinajstić information content (AvgIpc) is 3.71. The van der Waals surface area contributed by atoms with E-state index in [0.717, 1.165) is 29.5 Å². The van der Waals surface area contributed by atoms with Gasteiger partial charge in [0.1, 0.15) is 6.04 Å². The summed E-state index contributed by atoms with van der Waals surface area (Å²) in [7, 11) is 4.68. The number of carbonyl (C=O) groups is 2. The number of methoxy groups -OCH3 is 3. The SMILES string of the molecule is COc1cc2c(c(OC)c1OC)-c1ccc(NC(C(=O)NC3CC3)C(C)C)c(=O)cc1C(NC(C)=O)CC2. The number of ether oxygens (including phenoxy) is 3. The molecule has 0 aromatic heterocycles. The second-order valence-electron chi connectivity index (χ2n) is 10.2. The third-order valence-corrected chi connectivity index (χ3v) is 7.10. The van der Waals surface area contributed by atoms with Crippen LogP contribution in [0, 0.1) is 5.92 Å². The molecule has 2 aromatic rings. The van der Waals surface area contributed by atoms with E-state index in [1.807, 2.05) is 26.0 Å². The molecule has 1 saturated carbocycles. The largest absolute Gasteiger partial charge is 0.493 e. The highest BCUT2D eigenvalue weighted by Crippen LogP contribution is 2.50. The van der Waals surface area contributed by atoms with Crippen LogP contribution in [0.2, 0.25) is 0 Å². The first-order valence-corrected chi connectivity index (χ1v) is 13.0. The molecule has 2 unspecified atom stereocenters. The lowest BCUT2D eigenvalue weighted by Crippen LogP contribution is -2.44. The Balaban J connectivity index is 1.89. The number of fused-ring (bicyclic) bond motifs is 3. The summed E-state index contributed by atoms with van der Waals surface area (Å²) in [6.07, 6.45) is 3.15. The molecule has 3 N–H and O–H groups in total. The zero-order valence-electron chi connectivity index (χ0n) is 22.9. The molecule has 38 heavy (non-hydrogen) atoms. The molecule has 1 fully saturated rings. The maximum Gasteiger partial charge on any atom is 0.242 e. The molecular formula is C29H37N3O6. The number of carbonyl (C=O) groups excluding carboxylic acids is 2. The van der Waals surface area contributed by atoms with Crippen LogP contribution in [-0.2, 0) is 16.0 Å². The van der Waals surface area contributed by atoms with Crippen LogP contribution in [-0.4, -0.2) is 45.2 Å². The standard InChI is InChI=1S/C29H37N3O6/c1-15(2)26(29(35)31-18-8-9-18)32-22-12-10-19-20(14-23(22)34)21(30-16(3)33)11-7-17-13-24(36-4)27(37-5)28(38-6)25(17)19/h10,12-15,18,21,26H,7-9,11H2,1-6H3,(H,30,33)(H,31,35)(H,32,34). The fourth-order valence-electron chi connectivity index (χ4n) is 5.05. The number of rotatable bonds is 9. The first kappa shape index (κ1) is 27.3. The fraction of sp³-hybridized carbons (Fsp3) is 0.483. The van der Waals surface area contributed by atoms with Gasteiger partial charge in [0.05, 0.1) is 33.1 Å². The van der Waals surface area contributed by atoms with E-state index in [1.165, 1.54) is 6.92 Å². The van der Waals surface area contributed by atoms with Gasteiger partial charge in [0, 0.05) is 18.5 Å². The number of benzene rings is 1. The molecule has 0 bridgehead atoms. The van der Waals surface area contributed by atoms with E-state index >= 15 is 0 Å². The number of nitrogens with one attached hydrogen (secondary N) is 3. The predicted octanol–water partition coefficient (Wildman–Crippen LogP) is 3.58. The van der Waals surface area contributed by atoms with Crippen molar-refractivity contribution in [3.63, 3.8) is 0 Å². The van der Waals surface area contributed by atoms with Crippen LogP contribution in [0.25, 0.3) is 11.1 Å². The Morgan fingerprint density at radius 3 is 2.24 bits per heavy atom. The van der Waals surface area contributed by atoms with E-state index < -0.39 is 12.1 Å². The molecule has 9 nitrogen and oxygen atoms in total. The van der Waals surface area contributed by atoms with Crippen LogP contribution in [0.1, 0.15) is 57.2 Å². The fourth-order valence-corrected chi connectivity index (χ4v) is 5.05. The number of anilines is 1. The molecule has 2 aromatic carbocycles. The van der Waals surface area contributed by atoms with Crippen molar-refractivity contribution >= 4 is 17.5 Å². The lowest BCUT2D eigenvalue weighted by molar-refractivity contribution is -0.123. The van der Waals surface area contributed by atoms with Gasteiger partial charge in [-0.2, -0.15) is 0 Å². The van der Waals surface area contributed by atoms with E-state index in [9.17, 15) is 14.4 Å². The molecule has 2 aliphatic carbocycles. The van der Waals surface area contributed by atoms with Gasteiger partial charge in [0.25, 0.3) is 0 Å². The lowest BCUT2D eigenvalue weighted by Gasteiger charge is -2.22. The molecule has 9 heteroatoms. The van der Waals surface area contributed by atoms with Gasteiger partial charge >= 0.3 is 0 Å². The zero-order chi connectivity index (χ0) is 27.6. The van der Waals surface area contributed by atoms with Crippen molar-refractivity contribution < 1.29 is 23.8 Å². The number of hydrogen-bond acceptors (Lipinski definition) is 7. The van der Waals surface area contributed by atoms with E-state index in [2.05, 4.69) is 16.0 Å².